The van der Waals surface area contributed by atoms with Crippen LogP contribution in [0.5, 0.6) is 0 Å². The van der Waals surface area contributed by atoms with Crippen molar-refractivity contribution in [1.82, 2.24) is 4.90 Å². The molecular weight excluding hydrogens is 434 g/mol. The summed E-state index contributed by atoms with van der Waals surface area (Å²) in [7, 11) is 0. The fourth-order valence-electron chi connectivity index (χ4n) is 3.65. The number of carbonyl (C=O) groups excluding carboxylic acids is 1. The molecule has 4 rings (SSSR count). The van der Waals surface area contributed by atoms with E-state index >= 15 is 0 Å². The van der Waals surface area contributed by atoms with Crippen molar-refractivity contribution in [2.24, 2.45) is 0 Å². The van der Waals surface area contributed by atoms with Gasteiger partial charge in [-0.05, 0) is 41.8 Å². The minimum absolute atomic E-state index is 0.0767. The second kappa shape index (κ2) is 8.02. The summed E-state index contributed by atoms with van der Waals surface area (Å²) in [6.07, 6.45) is 1.32. The number of nitrogens with zero attached hydrogens (tertiary/aromatic N) is 3. The number of carbonyl (C=O) groups is 1. The largest absolute Gasteiger partial charge is 0.344 e. The Kier molecular flexibility index (Phi) is 5.47. The van der Waals surface area contributed by atoms with Gasteiger partial charge < -0.3 is 4.90 Å². The zero-order valence-electron chi connectivity index (χ0n) is 15.6. The van der Waals surface area contributed by atoms with E-state index in [0.29, 0.717) is 24.5 Å². The Morgan fingerprint density at radius 1 is 1.18 bits per heavy atom. The lowest BCUT2D eigenvalue weighted by atomic mass is 9.86. The van der Waals surface area contributed by atoms with Crippen LogP contribution in [-0.4, -0.2) is 23.4 Å². The Hall–Kier alpha value is -2.23. The van der Waals surface area contributed by atoms with E-state index in [4.69, 9.17) is 0 Å². The van der Waals surface area contributed by atoms with E-state index in [1.807, 2.05) is 24.3 Å². The van der Waals surface area contributed by atoms with E-state index in [0.717, 1.165) is 27.2 Å². The van der Waals surface area contributed by atoms with Crippen LogP contribution in [0.25, 0.3) is 0 Å². The van der Waals surface area contributed by atoms with Crippen molar-refractivity contribution >= 4 is 39.3 Å². The number of allylic oxidation sites excluding steroid dienone is 1. The number of nitriles is 1. The molecule has 142 valence electrons. The maximum atomic E-state index is 13.0. The Labute approximate surface area is 178 Å². The first-order chi connectivity index (χ1) is 13.6. The van der Waals surface area contributed by atoms with Crippen LogP contribution in [0.15, 0.2) is 63.6 Å². The van der Waals surface area contributed by atoms with Crippen molar-refractivity contribution in [2.45, 2.75) is 25.7 Å². The zero-order chi connectivity index (χ0) is 19.7. The van der Waals surface area contributed by atoms with Crippen LogP contribution >= 0.6 is 27.7 Å². The van der Waals surface area contributed by atoms with Crippen LogP contribution in [0.3, 0.4) is 0 Å². The molecule has 6 heteroatoms. The number of rotatable bonds is 3. The fraction of sp³-hybridized carbons (Fsp3) is 0.273. The first kappa shape index (κ1) is 19.1. The lowest BCUT2D eigenvalue weighted by Gasteiger charge is -2.42. The van der Waals surface area contributed by atoms with Crippen LogP contribution in [0.2, 0.25) is 0 Å². The van der Waals surface area contributed by atoms with Gasteiger partial charge in [0, 0.05) is 22.5 Å². The predicted octanol–water partition coefficient (Wildman–Crippen LogP) is 5.23. The molecule has 0 radical (unpaired) electrons. The van der Waals surface area contributed by atoms with Gasteiger partial charge in [-0.15, -0.1) is 0 Å². The monoisotopic (exact) mass is 453 g/mol. The summed E-state index contributed by atoms with van der Waals surface area (Å²) in [5, 5.41) is 10.7. The molecule has 2 aromatic rings. The number of hydrogen-bond donors (Lipinski definition) is 0. The summed E-state index contributed by atoms with van der Waals surface area (Å²) in [4.78, 5) is 16.9. The maximum Gasteiger partial charge on any atom is 0.229 e. The second-order valence-corrected chi connectivity index (χ2v) is 8.78. The topological polar surface area (TPSA) is 47.3 Å². The van der Waals surface area contributed by atoms with E-state index in [2.05, 4.69) is 58.1 Å². The molecule has 0 spiro atoms. The van der Waals surface area contributed by atoms with Crippen LogP contribution in [0, 0.1) is 11.3 Å². The smallest absolute Gasteiger partial charge is 0.229 e. The Bertz CT molecular complexity index is 963. The third-order valence-corrected chi connectivity index (χ3v) is 6.96. The molecule has 0 aromatic heterocycles. The molecule has 2 aromatic carbocycles. The number of benzene rings is 2. The molecule has 2 aliphatic rings. The van der Waals surface area contributed by atoms with Crippen LogP contribution in [0.1, 0.15) is 30.4 Å². The number of aryl methyl sites for hydroxylation is 1. The molecule has 28 heavy (non-hydrogen) atoms. The van der Waals surface area contributed by atoms with Crippen LogP contribution in [0.4, 0.5) is 5.69 Å². The van der Waals surface area contributed by atoms with Crippen LogP contribution < -0.4 is 4.90 Å². The SMILES string of the molecule is CCc1ccc([C@@H]2CC(=O)N3CN(c4ccc(Br)cc4)CSC3=C2C#N)cc1. The molecule has 4 nitrogen and oxygen atoms in total. The summed E-state index contributed by atoms with van der Waals surface area (Å²) in [5.41, 5.74) is 4.09. The molecule has 0 saturated carbocycles. The van der Waals surface area contributed by atoms with Gasteiger partial charge in [-0.25, -0.2) is 0 Å². The van der Waals surface area contributed by atoms with Crippen molar-refractivity contribution in [3.05, 3.63) is 74.7 Å². The van der Waals surface area contributed by atoms with E-state index < -0.39 is 0 Å². The maximum absolute atomic E-state index is 13.0. The number of fused-ring (bicyclic) bond motifs is 1. The quantitative estimate of drug-likeness (QED) is 0.637. The number of thioether (sulfide) groups is 1. The van der Waals surface area contributed by atoms with Gasteiger partial charge in [0.15, 0.2) is 0 Å². The van der Waals surface area contributed by atoms with Gasteiger partial charge in [-0.1, -0.05) is 58.9 Å². The number of anilines is 1. The first-order valence-corrected chi connectivity index (χ1v) is 11.1. The summed E-state index contributed by atoms with van der Waals surface area (Å²) in [6.45, 7) is 2.60. The molecule has 1 saturated heterocycles. The van der Waals surface area contributed by atoms with Gasteiger partial charge in [0.2, 0.25) is 5.91 Å². The molecule has 1 atom stereocenters. The third-order valence-electron chi connectivity index (χ3n) is 5.28. The van der Waals surface area contributed by atoms with Gasteiger partial charge in [0.1, 0.15) is 0 Å². The number of hydrogen-bond acceptors (Lipinski definition) is 4. The van der Waals surface area contributed by atoms with Gasteiger partial charge in [-0.2, -0.15) is 5.26 Å². The lowest BCUT2D eigenvalue weighted by Crippen LogP contribution is -2.47. The van der Waals surface area contributed by atoms with E-state index in [9.17, 15) is 10.1 Å². The van der Waals surface area contributed by atoms with Gasteiger partial charge in [0.25, 0.3) is 0 Å². The van der Waals surface area contributed by atoms with Crippen molar-refractivity contribution < 1.29 is 4.79 Å². The molecule has 2 heterocycles. The summed E-state index contributed by atoms with van der Waals surface area (Å²) in [6, 6.07) is 18.8. The number of amides is 1. The summed E-state index contributed by atoms with van der Waals surface area (Å²) >= 11 is 5.03. The van der Waals surface area contributed by atoms with Crippen molar-refractivity contribution in [2.75, 3.05) is 17.4 Å². The molecular formula is C22H20BrN3OS. The Balaban J connectivity index is 1.63. The first-order valence-electron chi connectivity index (χ1n) is 9.27. The van der Waals surface area contributed by atoms with Crippen molar-refractivity contribution in [1.29, 1.82) is 5.26 Å². The standard InChI is InChI=1S/C22H20BrN3OS/c1-2-15-3-5-16(6-4-15)19-11-21(27)26-13-25(14-28-22(26)20(19)12-24)18-9-7-17(23)8-10-18/h3-10,19H,2,11,13-14H2,1H3/t19-/m0/s1. The molecule has 1 amide bonds. The fourth-order valence-corrected chi connectivity index (χ4v) is 5.08. The Morgan fingerprint density at radius 3 is 2.54 bits per heavy atom. The summed E-state index contributed by atoms with van der Waals surface area (Å²) in [5.74, 6) is 0.641. The van der Waals surface area contributed by atoms with Gasteiger partial charge in [-0.3, -0.25) is 9.69 Å². The third kappa shape index (κ3) is 3.57. The second-order valence-electron chi connectivity index (χ2n) is 6.94. The van der Waals surface area contributed by atoms with Gasteiger partial charge in [0.05, 0.1) is 29.2 Å². The Morgan fingerprint density at radius 2 is 1.89 bits per heavy atom. The highest BCUT2D eigenvalue weighted by Gasteiger charge is 2.38. The number of halogens is 1. The molecule has 0 N–H and O–H groups in total. The molecule has 0 aliphatic carbocycles. The molecule has 1 fully saturated rings. The van der Waals surface area contributed by atoms with E-state index in [1.165, 1.54) is 5.56 Å². The minimum atomic E-state index is -0.151. The van der Waals surface area contributed by atoms with Gasteiger partial charge >= 0.3 is 0 Å². The van der Waals surface area contributed by atoms with E-state index in [-0.39, 0.29) is 11.8 Å². The highest BCUT2D eigenvalue weighted by Crippen LogP contribution is 2.43. The molecule has 0 bridgehead atoms. The van der Waals surface area contributed by atoms with Crippen LogP contribution in [-0.2, 0) is 11.2 Å². The average molecular weight is 454 g/mol. The van der Waals surface area contributed by atoms with Crippen molar-refractivity contribution in [3.63, 3.8) is 0 Å². The zero-order valence-corrected chi connectivity index (χ0v) is 18.0. The predicted molar refractivity (Wildman–Crippen MR) is 117 cm³/mol. The lowest BCUT2D eigenvalue weighted by molar-refractivity contribution is -0.129. The normalized spacial score (nSPS) is 19.5. The highest BCUT2D eigenvalue weighted by molar-refractivity contribution is 9.10. The van der Waals surface area contributed by atoms with E-state index in [1.54, 1.807) is 16.7 Å². The average Bonchev–Trinajstić information content (AvgIpc) is 2.74. The minimum Gasteiger partial charge on any atom is -0.344 e. The molecule has 0 unspecified atom stereocenters. The van der Waals surface area contributed by atoms with Crippen molar-refractivity contribution in [3.8, 4) is 6.07 Å². The summed E-state index contributed by atoms with van der Waals surface area (Å²) < 4.78 is 1.03. The highest BCUT2D eigenvalue weighted by atomic mass is 79.9. The molecule has 2 aliphatic heterocycles.